The zero-order valence-electron chi connectivity index (χ0n) is 15.4. The predicted molar refractivity (Wildman–Crippen MR) is 108 cm³/mol. The van der Waals surface area contributed by atoms with Gasteiger partial charge in [0.25, 0.3) is 0 Å². The number of aromatic amines is 1. The van der Waals surface area contributed by atoms with Crippen LogP contribution in [0.1, 0.15) is 31.9 Å². The first-order chi connectivity index (χ1) is 13.4. The van der Waals surface area contributed by atoms with E-state index in [4.69, 9.17) is 11.6 Å². The van der Waals surface area contributed by atoms with Gasteiger partial charge in [-0.1, -0.05) is 11.6 Å². The molecular formula is C20H19ClN4O3. The summed E-state index contributed by atoms with van der Waals surface area (Å²) in [6.07, 6.45) is 0.730. The maximum absolute atomic E-state index is 12.2. The average molecular weight is 399 g/mol. The number of halogens is 1. The van der Waals surface area contributed by atoms with Crippen molar-refractivity contribution in [2.75, 3.05) is 10.2 Å². The number of nitrogens with zero attached hydrogens (tertiary/aromatic N) is 2. The van der Waals surface area contributed by atoms with E-state index >= 15 is 0 Å². The number of nitrogens with one attached hydrogen (secondary N) is 2. The lowest BCUT2D eigenvalue weighted by Crippen LogP contribution is -2.43. The Bertz CT molecular complexity index is 1070. The van der Waals surface area contributed by atoms with Crippen LogP contribution in [-0.2, 0) is 4.79 Å². The van der Waals surface area contributed by atoms with Crippen LogP contribution in [0.3, 0.4) is 0 Å². The van der Waals surface area contributed by atoms with Crippen LogP contribution in [0.2, 0.25) is 5.02 Å². The van der Waals surface area contributed by atoms with Gasteiger partial charge in [0, 0.05) is 34.9 Å². The van der Waals surface area contributed by atoms with E-state index in [0.717, 1.165) is 23.4 Å². The number of carbonyl (C=O) groups excluding carboxylic acids is 1. The fourth-order valence-corrected chi connectivity index (χ4v) is 3.85. The highest BCUT2D eigenvalue weighted by Crippen LogP contribution is 2.40. The molecule has 1 aliphatic heterocycles. The molecule has 1 aliphatic rings. The monoisotopic (exact) mass is 398 g/mol. The van der Waals surface area contributed by atoms with Crippen molar-refractivity contribution in [3.8, 4) is 11.4 Å². The summed E-state index contributed by atoms with van der Waals surface area (Å²) in [5.41, 5.74) is 3.44. The number of aromatic nitrogens is 2. The normalized spacial score (nSPS) is 18.6. The molecule has 0 bridgehead atoms. The molecule has 4 rings (SSSR count). The Morgan fingerprint density at radius 1 is 1.29 bits per heavy atom. The quantitative estimate of drug-likeness (QED) is 0.696. The Kier molecular flexibility index (Phi) is 4.68. The van der Waals surface area contributed by atoms with Crippen LogP contribution in [0.15, 0.2) is 51.8 Å². The average Bonchev–Trinajstić information content (AvgIpc) is 3.09. The van der Waals surface area contributed by atoms with Crippen LogP contribution >= 0.6 is 11.6 Å². The van der Waals surface area contributed by atoms with Crippen LogP contribution in [0.25, 0.3) is 11.4 Å². The van der Waals surface area contributed by atoms with Gasteiger partial charge < -0.3 is 14.7 Å². The fraction of sp³-hybridized carbons (Fsp3) is 0.250. The Hall–Kier alpha value is -3.06. The van der Waals surface area contributed by atoms with Gasteiger partial charge in [0.05, 0.1) is 6.04 Å². The number of rotatable bonds is 3. The van der Waals surface area contributed by atoms with Gasteiger partial charge in [-0.2, -0.15) is 10.1 Å². The Morgan fingerprint density at radius 2 is 2.04 bits per heavy atom. The van der Waals surface area contributed by atoms with E-state index in [0.29, 0.717) is 16.4 Å². The second-order valence-corrected chi connectivity index (χ2v) is 7.32. The summed E-state index contributed by atoms with van der Waals surface area (Å²) in [7, 11) is 0. The molecule has 2 N–H and O–H groups in total. The second-order valence-electron chi connectivity index (χ2n) is 6.88. The van der Waals surface area contributed by atoms with Crippen molar-refractivity contribution in [1.82, 2.24) is 10.1 Å². The first-order valence-corrected chi connectivity index (χ1v) is 9.32. The first-order valence-electron chi connectivity index (χ1n) is 8.94. The molecule has 0 saturated heterocycles. The number of amides is 1. The van der Waals surface area contributed by atoms with Crippen molar-refractivity contribution < 1.29 is 9.32 Å². The lowest BCUT2D eigenvalue weighted by atomic mass is 9.90. The van der Waals surface area contributed by atoms with E-state index in [1.165, 1.54) is 0 Å². The van der Waals surface area contributed by atoms with Gasteiger partial charge in [-0.25, -0.2) is 4.79 Å². The summed E-state index contributed by atoms with van der Waals surface area (Å²) in [6.45, 7) is 3.60. The Labute approximate surface area is 166 Å². The summed E-state index contributed by atoms with van der Waals surface area (Å²) in [6, 6.07) is 13.1. The van der Waals surface area contributed by atoms with Crippen molar-refractivity contribution in [3.05, 3.63) is 63.6 Å². The molecule has 144 valence electrons. The van der Waals surface area contributed by atoms with E-state index < -0.39 is 5.76 Å². The minimum absolute atomic E-state index is 0.0127. The van der Waals surface area contributed by atoms with Gasteiger partial charge in [0.1, 0.15) is 0 Å². The van der Waals surface area contributed by atoms with Crippen LogP contribution in [0.5, 0.6) is 0 Å². The van der Waals surface area contributed by atoms with E-state index in [9.17, 15) is 9.59 Å². The molecule has 0 spiro atoms. The zero-order chi connectivity index (χ0) is 19.8. The van der Waals surface area contributed by atoms with E-state index in [2.05, 4.69) is 20.0 Å². The number of benzene rings is 2. The largest absolute Gasteiger partial charge is 0.460 e. The molecule has 0 radical (unpaired) electrons. The SMILES string of the molecule is CC(=O)N1c2ccc(-c3nc(=O)o[nH]3)cc2C(Nc2ccc(Cl)cc2)CC1C. The highest BCUT2D eigenvalue weighted by molar-refractivity contribution is 6.30. The summed E-state index contributed by atoms with van der Waals surface area (Å²) in [5, 5.41) is 6.72. The van der Waals surface area contributed by atoms with E-state index in [-0.39, 0.29) is 18.0 Å². The molecule has 0 aliphatic carbocycles. The van der Waals surface area contributed by atoms with Gasteiger partial charge in [0.2, 0.25) is 5.91 Å². The molecule has 3 aromatic rings. The molecule has 0 fully saturated rings. The number of fused-ring (bicyclic) bond motifs is 1. The summed E-state index contributed by atoms with van der Waals surface area (Å²) in [4.78, 5) is 29.2. The standard InChI is InChI=1S/C20H19ClN4O3/c1-11-9-17(22-15-6-4-14(21)5-7-15)16-10-13(19-23-20(27)28-24-19)3-8-18(16)25(11)12(2)26/h3-8,10-11,17,22H,9H2,1-2H3,(H,23,24,27). The van der Waals surface area contributed by atoms with Gasteiger partial charge in [-0.3, -0.25) is 4.79 Å². The fourth-order valence-electron chi connectivity index (χ4n) is 3.73. The minimum Gasteiger partial charge on any atom is -0.378 e. The van der Waals surface area contributed by atoms with Gasteiger partial charge in [0.15, 0.2) is 5.82 Å². The van der Waals surface area contributed by atoms with Crippen LogP contribution < -0.4 is 16.0 Å². The molecule has 28 heavy (non-hydrogen) atoms. The number of H-pyrrole nitrogens is 1. The second kappa shape index (κ2) is 7.16. The van der Waals surface area contributed by atoms with Gasteiger partial charge in [-0.15, -0.1) is 0 Å². The van der Waals surface area contributed by atoms with Crippen LogP contribution in [0, 0.1) is 0 Å². The molecule has 8 heteroatoms. The number of hydrogen-bond donors (Lipinski definition) is 2. The topological polar surface area (TPSA) is 91.2 Å². The molecule has 0 saturated carbocycles. The third kappa shape index (κ3) is 3.41. The lowest BCUT2D eigenvalue weighted by molar-refractivity contribution is -0.117. The molecule has 2 unspecified atom stereocenters. The van der Waals surface area contributed by atoms with Gasteiger partial charge in [-0.05, 0) is 61.4 Å². The number of carbonyl (C=O) groups is 1. The first kappa shape index (κ1) is 18.3. The Balaban J connectivity index is 1.78. The number of anilines is 2. The molecule has 2 heterocycles. The predicted octanol–water partition coefficient (Wildman–Crippen LogP) is 3.98. The molecule has 2 atom stereocenters. The molecule has 1 aromatic heterocycles. The minimum atomic E-state index is -0.678. The molecule has 1 amide bonds. The third-order valence-corrected chi connectivity index (χ3v) is 5.17. The summed E-state index contributed by atoms with van der Waals surface area (Å²) < 4.78 is 4.69. The molecule has 2 aromatic carbocycles. The van der Waals surface area contributed by atoms with Crippen molar-refractivity contribution in [2.45, 2.75) is 32.4 Å². The lowest BCUT2D eigenvalue weighted by Gasteiger charge is -2.39. The summed E-state index contributed by atoms with van der Waals surface area (Å²) >= 11 is 5.99. The van der Waals surface area contributed by atoms with E-state index in [1.807, 2.05) is 49.4 Å². The molecular weight excluding hydrogens is 380 g/mol. The molecule has 7 nitrogen and oxygen atoms in total. The van der Waals surface area contributed by atoms with Crippen molar-refractivity contribution in [3.63, 3.8) is 0 Å². The van der Waals surface area contributed by atoms with Gasteiger partial charge >= 0.3 is 5.76 Å². The van der Waals surface area contributed by atoms with Crippen molar-refractivity contribution >= 4 is 28.9 Å². The van der Waals surface area contributed by atoms with Crippen LogP contribution in [-0.4, -0.2) is 22.1 Å². The zero-order valence-corrected chi connectivity index (χ0v) is 16.2. The van der Waals surface area contributed by atoms with Crippen molar-refractivity contribution in [1.29, 1.82) is 0 Å². The highest BCUT2D eigenvalue weighted by Gasteiger charge is 2.32. The Morgan fingerprint density at radius 3 is 2.68 bits per heavy atom. The third-order valence-electron chi connectivity index (χ3n) is 4.92. The smallest absolute Gasteiger partial charge is 0.378 e. The van der Waals surface area contributed by atoms with Crippen LogP contribution in [0.4, 0.5) is 11.4 Å². The highest BCUT2D eigenvalue weighted by atomic mass is 35.5. The summed E-state index contributed by atoms with van der Waals surface area (Å²) in [5.74, 6) is -0.338. The van der Waals surface area contributed by atoms with Crippen molar-refractivity contribution in [2.24, 2.45) is 0 Å². The maximum Gasteiger partial charge on any atom is 0.460 e. The van der Waals surface area contributed by atoms with E-state index in [1.54, 1.807) is 11.8 Å². The number of hydrogen-bond acceptors (Lipinski definition) is 5. The maximum atomic E-state index is 12.2.